The molecular formula is C17H24N2O3. The lowest BCUT2D eigenvalue weighted by Gasteiger charge is -2.29. The predicted molar refractivity (Wildman–Crippen MR) is 87.4 cm³/mol. The fourth-order valence-corrected chi connectivity index (χ4v) is 2.07. The van der Waals surface area contributed by atoms with Gasteiger partial charge in [0.1, 0.15) is 11.8 Å². The molecule has 0 spiro atoms. The average Bonchev–Trinajstić information content (AvgIpc) is 3.01. The molecule has 1 heterocycles. The van der Waals surface area contributed by atoms with Crippen LogP contribution in [0.25, 0.3) is 10.9 Å². The van der Waals surface area contributed by atoms with Crippen molar-refractivity contribution in [1.29, 1.82) is 0 Å². The molecule has 0 aliphatic heterocycles. The van der Waals surface area contributed by atoms with Gasteiger partial charge in [-0.15, -0.1) is 0 Å². The van der Waals surface area contributed by atoms with Gasteiger partial charge in [-0.2, -0.15) is 0 Å². The smallest absolute Gasteiger partial charge is 0.323 e. The first kappa shape index (κ1) is 17.9. The van der Waals surface area contributed by atoms with Gasteiger partial charge in [0.05, 0.1) is 12.5 Å². The lowest BCUT2D eigenvalue weighted by atomic mass is 9.77. The van der Waals surface area contributed by atoms with E-state index in [-0.39, 0.29) is 5.78 Å². The number of rotatable bonds is 4. The summed E-state index contributed by atoms with van der Waals surface area (Å²) in [5, 5.41) is 1.28. The Morgan fingerprint density at radius 3 is 2.45 bits per heavy atom. The molecule has 0 amide bonds. The summed E-state index contributed by atoms with van der Waals surface area (Å²) >= 11 is 0. The number of aromatic nitrogens is 1. The molecule has 3 N–H and O–H groups in total. The van der Waals surface area contributed by atoms with E-state index in [4.69, 9.17) is 5.73 Å². The van der Waals surface area contributed by atoms with Crippen molar-refractivity contribution in [2.75, 3.05) is 7.11 Å². The van der Waals surface area contributed by atoms with Crippen molar-refractivity contribution >= 4 is 22.7 Å². The molecule has 2 rings (SSSR count). The number of hydrogen-bond acceptors (Lipinski definition) is 4. The van der Waals surface area contributed by atoms with Crippen molar-refractivity contribution in [3.8, 4) is 0 Å². The number of para-hydroxylation sites is 1. The number of ether oxygens (including phenoxy) is 1. The van der Waals surface area contributed by atoms with Gasteiger partial charge in [-0.3, -0.25) is 9.59 Å². The number of Topliss-reactive ketones (excluding diaryl/α,β-unsaturated/α-hetero) is 1. The van der Waals surface area contributed by atoms with E-state index in [9.17, 15) is 9.59 Å². The third kappa shape index (κ3) is 3.95. The Morgan fingerprint density at radius 1 is 1.32 bits per heavy atom. The molecule has 0 aliphatic carbocycles. The number of methoxy groups -OCH3 is 1. The van der Waals surface area contributed by atoms with Crippen molar-refractivity contribution in [2.45, 2.75) is 33.2 Å². The summed E-state index contributed by atoms with van der Waals surface area (Å²) in [7, 11) is 1.26. The average molecular weight is 304 g/mol. The molecule has 1 aromatic carbocycles. The highest BCUT2D eigenvalue weighted by molar-refractivity contribution is 5.90. The van der Waals surface area contributed by atoms with Crippen molar-refractivity contribution in [3.05, 3.63) is 36.5 Å². The Labute approximate surface area is 130 Å². The maximum Gasteiger partial charge on any atom is 0.323 e. The standard InChI is InChI=1S/C9H17NO3.C8H7N/c1-5-9(3,6(2)11)7(10)8(12)13-4;1-2-4-8-7(3-1)5-6-9-8/h7H,5,10H2,1-4H3;1-6,9H/t7-,9+;/m1./s1. The first-order valence-electron chi connectivity index (χ1n) is 7.23. The summed E-state index contributed by atoms with van der Waals surface area (Å²) in [5.74, 6) is -0.632. The number of carbonyl (C=O) groups excluding carboxylic acids is 2. The van der Waals surface area contributed by atoms with Gasteiger partial charge in [-0.1, -0.05) is 32.0 Å². The fourth-order valence-electron chi connectivity index (χ4n) is 2.07. The van der Waals surface area contributed by atoms with Gasteiger partial charge in [0.25, 0.3) is 0 Å². The van der Waals surface area contributed by atoms with Crippen LogP contribution in [0.1, 0.15) is 27.2 Å². The molecule has 2 atom stereocenters. The third-order valence-corrected chi connectivity index (χ3v) is 4.14. The second-order valence-electron chi connectivity index (χ2n) is 5.39. The van der Waals surface area contributed by atoms with E-state index in [2.05, 4.69) is 27.9 Å². The Bertz CT molecular complexity index is 605. The van der Waals surface area contributed by atoms with Gasteiger partial charge in [0, 0.05) is 11.7 Å². The lowest BCUT2D eigenvalue weighted by Crippen LogP contribution is -2.49. The molecule has 5 heteroatoms. The Kier molecular flexibility index (Phi) is 6.31. The van der Waals surface area contributed by atoms with Crippen molar-refractivity contribution < 1.29 is 14.3 Å². The van der Waals surface area contributed by atoms with Crippen LogP contribution in [-0.4, -0.2) is 29.9 Å². The number of hydrogen-bond donors (Lipinski definition) is 2. The minimum absolute atomic E-state index is 0.0899. The van der Waals surface area contributed by atoms with E-state index in [0.29, 0.717) is 6.42 Å². The van der Waals surface area contributed by atoms with Crippen LogP contribution < -0.4 is 5.73 Å². The summed E-state index contributed by atoms with van der Waals surface area (Å²) in [4.78, 5) is 25.5. The fraction of sp³-hybridized carbons (Fsp3) is 0.412. The van der Waals surface area contributed by atoms with Crippen LogP contribution in [0, 0.1) is 5.41 Å². The van der Waals surface area contributed by atoms with Crippen LogP contribution in [0.2, 0.25) is 0 Å². The minimum atomic E-state index is -0.875. The van der Waals surface area contributed by atoms with Crippen molar-refractivity contribution in [3.63, 3.8) is 0 Å². The second kappa shape index (κ2) is 7.75. The topological polar surface area (TPSA) is 85.2 Å². The zero-order chi connectivity index (χ0) is 16.8. The molecule has 120 valence electrons. The van der Waals surface area contributed by atoms with Gasteiger partial charge >= 0.3 is 5.97 Å². The van der Waals surface area contributed by atoms with Crippen molar-refractivity contribution in [2.24, 2.45) is 11.1 Å². The first-order chi connectivity index (χ1) is 10.4. The van der Waals surface area contributed by atoms with E-state index in [0.717, 1.165) is 0 Å². The van der Waals surface area contributed by atoms with Crippen LogP contribution in [0.4, 0.5) is 0 Å². The minimum Gasteiger partial charge on any atom is -0.468 e. The first-order valence-corrected chi connectivity index (χ1v) is 7.23. The van der Waals surface area contributed by atoms with Crippen LogP contribution >= 0.6 is 0 Å². The number of fused-ring (bicyclic) bond motifs is 1. The molecule has 2 aromatic rings. The summed E-state index contributed by atoms with van der Waals surface area (Å²) < 4.78 is 4.49. The highest BCUT2D eigenvalue weighted by Gasteiger charge is 2.39. The van der Waals surface area contributed by atoms with E-state index < -0.39 is 17.4 Å². The zero-order valence-corrected chi connectivity index (χ0v) is 13.6. The van der Waals surface area contributed by atoms with Gasteiger partial charge in [0.2, 0.25) is 0 Å². The SMILES string of the molecule is CC[C@@](C)(C(C)=O)[C@H](N)C(=O)OC.c1ccc2[nH]ccc2c1. The number of benzene rings is 1. The number of ketones is 1. The molecule has 0 bridgehead atoms. The number of aromatic amines is 1. The van der Waals surface area contributed by atoms with Crippen LogP contribution in [-0.2, 0) is 14.3 Å². The zero-order valence-electron chi connectivity index (χ0n) is 13.6. The van der Waals surface area contributed by atoms with Crippen LogP contribution in [0.5, 0.6) is 0 Å². The molecule has 0 aliphatic rings. The molecule has 0 unspecified atom stereocenters. The summed E-state index contributed by atoms with van der Waals surface area (Å²) in [6.07, 6.45) is 2.48. The second-order valence-corrected chi connectivity index (χ2v) is 5.39. The van der Waals surface area contributed by atoms with E-state index >= 15 is 0 Å². The lowest BCUT2D eigenvalue weighted by molar-refractivity contribution is -0.149. The molecule has 0 radical (unpaired) electrons. The van der Waals surface area contributed by atoms with E-state index in [1.165, 1.54) is 24.9 Å². The number of nitrogens with two attached hydrogens (primary N) is 1. The number of carbonyl (C=O) groups is 2. The van der Waals surface area contributed by atoms with Crippen LogP contribution in [0.15, 0.2) is 36.5 Å². The Morgan fingerprint density at radius 2 is 1.95 bits per heavy atom. The quantitative estimate of drug-likeness (QED) is 0.850. The molecule has 0 saturated heterocycles. The largest absolute Gasteiger partial charge is 0.468 e. The number of H-pyrrole nitrogens is 1. The van der Waals surface area contributed by atoms with Crippen LogP contribution in [0.3, 0.4) is 0 Å². The summed E-state index contributed by atoms with van der Waals surface area (Å²) in [5.41, 5.74) is 6.02. The molecule has 1 aromatic heterocycles. The third-order valence-electron chi connectivity index (χ3n) is 4.14. The van der Waals surface area contributed by atoms with Gasteiger partial charge in [-0.05, 0) is 30.9 Å². The molecule has 0 saturated carbocycles. The molecule has 0 fully saturated rings. The van der Waals surface area contributed by atoms with Gasteiger partial charge in [0.15, 0.2) is 0 Å². The van der Waals surface area contributed by atoms with E-state index in [1.54, 1.807) is 6.92 Å². The van der Waals surface area contributed by atoms with Crippen molar-refractivity contribution in [1.82, 2.24) is 4.98 Å². The molecule has 5 nitrogen and oxygen atoms in total. The van der Waals surface area contributed by atoms with Gasteiger partial charge in [-0.25, -0.2) is 0 Å². The Hall–Kier alpha value is -2.14. The summed E-state index contributed by atoms with van der Waals surface area (Å²) in [6, 6.07) is 9.41. The maximum atomic E-state index is 11.3. The Balaban J connectivity index is 0.000000231. The molecule has 22 heavy (non-hydrogen) atoms. The normalized spacial score (nSPS) is 14.4. The number of esters is 1. The number of nitrogens with one attached hydrogen (secondary N) is 1. The highest BCUT2D eigenvalue weighted by Crippen LogP contribution is 2.26. The molecular weight excluding hydrogens is 280 g/mol. The van der Waals surface area contributed by atoms with E-state index in [1.807, 2.05) is 25.3 Å². The maximum absolute atomic E-state index is 11.3. The summed E-state index contributed by atoms with van der Waals surface area (Å²) in [6.45, 7) is 4.94. The highest BCUT2D eigenvalue weighted by atomic mass is 16.5. The van der Waals surface area contributed by atoms with Gasteiger partial charge < -0.3 is 15.5 Å². The monoisotopic (exact) mass is 304 g/mol. The predicted octanol–water partition coefficient (Wildman–Crippen LogP) is 2.66.